The Kier molecular flexibility index (Phi) is 6.90. The molecule has 194 valence electrons. The molecule has 0 aromatic carbocycles. The molecule has 3 heterocycles. The number of rotatable bonds is 4. The highest BCUT2D eigenvalue weighted by atomic mass is 15.3. The normalized spacial score (nSPS) is 31.2. The minimum atomic E-state index is 0.560. The number of anilines is 3. The molecule has 7 rings (SSSR count). The summed E-state index contributed by atoms with van der Waals surface area (Å²) in [5.41, 5.74) is 2.73. The van der Waals surface area contributed by atoms with Gasteiger partial charge in [0.2, 0.25) is 0 Å². The minimum absolute atomic E-state index is 0.560. The Morgan fingerprint density at radius 2 is 1.83 bits per heavy atom. The summed E-state index contributed by atoms with van der Waals surface area (Å²) in [6.07, 6.45) is 16.7. The van der Waals surface area contributed by atoms with Gasteiger partial charge in [-0.25, -0.2) is 15.0 Å². The highest BCUT2D eigenvalue weighted by Gasteiger charge is 2.77. The topological polar surface area (TPSA) is 73.3 Å². The average Bonchev–Trinajstić information content (AvgIpc) is 3.81. The second-order valence-electron chi connectivity index (χ2n) is 11.0. The van der Waals surface area contributed by atoms with Gasteiger partial charge < -0.3 is 20.0 Å². The molecular weight excluding hydrogens is 448 g/mol. The van der Waals surface area contributed by atoms with Gasteiger partial charge in [-0.15, -0.1) is 0 Å². The SMILES string of the molecule is CC.CN(C)c1cc(NC2=CC34CCCC3(C4)C3CC23)ncn1.CN1CCN(c2cnccn2)CC1. The number of hydrogen-bond acceptors (Lipinski definition) is 8. The minimum Gasteiger partial charge on any atom is -0.363 e. The van der Waals surface area contributed by atoms with E-state index in [4.69, 9.17) is 0 Å². The van der Waals surface area contributed by atoms with Crippen molar-refractivity contribution in [1.82, 2.24) is 24.8 Å². The third-order valence-corrected chi connectivity index (χ3v) is 8.83. The van der Waals surface area contributed by atoms with E-state index in [2.05, 4.69) is 48.2 Å². The lowest BCUT2D eigenvalue weighted by molar-refractivity contribution is 0.312. The van der Waals surface area contributed by atoms with Gasteiger partial charge in [0.25, 0.3) is 0 Å². The molecule has 1 saturated heterocycles. The van der Waals surface area contributed by atoms with E-state index in [0.29, 0.717) is 5.41 Å². The first-order chi connectivity index (χ1) is 17.5. The molecule has 4 unspecified atom stereocenters. The molecule has 4 aliphatic carbocycles. The van der Waals surface area contributed by atoms with Gasteiger partial charge in [-0.1, -0.05) is 26.3 Å². The lowest BCUT2D eigenvalue weighted by Crippen LogP contribution is -2.44. The molecule has 8 nitrogen and oxygen atoms in total. The lowest BCUT2D eigenvalue weighted by Gasteiger charge is -2.32. The molecule has 36 heavy (non-hydrogen) atoms. The van der Waals surface area contributed by atoms with Crippen LogP contribution >= 0.6 is 0 Å². The van der Waals surface area contributed by atoms with E-state index < -0.39 is 0 Å². The molecule has 4 atom stereocenters. The fourth-order valence-electron chi connectivity index (χ4n) is 6.85. The van der Waals surface area contributed by atoms with Crippen molar-refractivity contribution in [3.63, 3.8) is 0 Å². The van der Waals surface area contributed by atoms with Crippen LogP contribution in [0, 0.1) is 22.7 Å². The van der Waals surface area contributed by atoms with E-state index in [1.165, 1.54) is 37.8 Å². The zero-order valence-electron chi connectivity index (χ0n) is 22.6. The fraction of sp³-hybridized carbons (Fsp3) is 0.643. The summed E-state index contributed by atoms with van der Waals surface area (Å²) >= 11 is 0. The van der Waals surface area contributed by atoms with E-state index in [9.17, 15) is 0 Å². The molecule has 1 N–H and O–H groups in total. The highest BCUT2D eigenvalue weighted by Crippen LogP contribution is 2.85. The maximum atomic E-state index is 4.40. The fourth-order valence-corrected chi connectivity index (χ4v) is 6.85. The van der Waals surface area contributed by atoms with Gasteiger partial charge in [-0.05, 0) is 49.5 Å². The van der Waals surface area contributed by atoms with Gasteiger partial charge in [-0.2, -0.15) is 0 Å². The maximum absolute atomic E-state index is 4.40. The van der Waals surface area contributed by atoms with Crippen LogP contribution in [-0.4, -0.2) is 72.2 Å². The van der Waals surface area contributed by atoms with Crippen LogP contribution in [0.15, 0.2) is 42.8 Å². The monoisotopic (exact) mass is 490 g/mol. The van der Waals surface area contributed by atoms with Crippen LogP contribution in [0.4, 0.5) is 17.5 Å². The molecule has 4 fully saturated rings. The van der Waals surface area contributed by atoms with Crippen molar-refractivity contribution in [2.75, 3.05) is 62.4 Å². The van der Waals surface area contributed by atoms with Crippen molar-refractivity contribution < 1.29 is 0 Å². The number of nitrogens with zero attached hydrogens (tertiary/aromatic N) is 7. The Morgan fingerprint density at radius 1 is 1.03 bits per heavy atom. The van der Waals surface area contributed by atoms with Crippen molar-refractivity contribution in [2.24, 2.45) is 22.7 Å². The summed E-state index contributed by atoms with van der Waals surface area (Å²) in [7, 11) is 6.17. The first-order valence-corrected chi connectivity index (χ1v) is 13.7. The van der Waals surface area contributed by atoms with Crippen LogP contribution in [0.1, 0.15) is 46.0 Å². The number of aromatic nitrogens is 4. The number of piperazine rings is 1. The van der Waals surface area contributed by atoms with E-state index in [1.54, 1.807) is 18.7 Å². The molecule has 3 saturated carbocycles. The van der Waals surface area contributed by atoms with Crippen molar-refractivity contribution in [2.45, 2.75) is 46.0 Å². The molecule has 2 aromatic rings. The summed E-state index contributed by atoms with van der Waals surface area (Å²) in [4.78, 5) is 23.6. The number of nitrogens with one attached hydrogen (secondary N) is 1. The van der Waals surface area contributed by atoms with E-state index in [0.717, 1.165) is 60.9 Å². The predicted octanol–water partition coefficient (Wildman–Crippen LogP) is 4.30. The average molecular weight is 491 g/mol. The van der Waals surface area contributed by atoms with Crippen molar-refractivity contribution in [3.8, 4) is 0 Å². The first-order valence-electron chi connectivity index (χ1n) is 13.7. The van der Waals surface area contributed by atoms with Crippen molar-refractivity contribution in [3.05, 3.63) is 42.8 Å². The molecule has 0 bridgehead atoms. The second kappa shape index (κ2) is 9.96. The molecule has 8 heteroatoms. The molecular formula is C28H42N8. The molecule has 0 amide bonds. The van der Waals surface area contributed by atoms with Gasteiger partial charge in [0.1, 0.15) is 23.8 Å². The number of hydrogen-bond donors (Lipinski definition) is 1. The maximum Gasteiger partial charge on any atom is 0.147 e. The Hall–Kier alpha value is -2.74. The Labute approximate surface area is 216 Å². The van der Waals surface area contributed by atoms with Crippen LogP contribution in [0.25, 0.3) is 0 Å². The molecule has 2 aromatic heterocycles. The predicted molar refractivity (Wildman–Crippen MR) is 146 cm³/mol. The van der Waals surface area contributed by atoms with Crippen LogP contribution in [0.5, 0.6) is 0 Å². The van der Waals surface area contributed by atoms with Gasteiger partial charge in [-0.3, -0.25) is 4.98 Å². The third-order valence-electron chi connectivity index (χ3n) is 8.83. The van der Waals surface area contributed by atoms with E-state index in [-0.39, 0.29) is 0 Å². The Morgan fingerprint density at radius 3 is 2.56 bits per heavy atom. The van der Waals surface area contributed by atoms with Crippen LogP contribution in [0.3, 0.4) is 0 Å². The van der Waals surface area contributed by atoms with Crippen LogP contribution in [0.2, 0.25) is 0 Å². The van der Waals surface area contributed by atoms with Crippen LogP contribution in [-0.2, 0) is 0 Å². The van der Waals surface area contributed by atoms with Gasteiger partial charge in [0.15, 0.2) is 0 Å². The van der Waals surface area contributed by atoms with Crippen molar-refractivity contribution in [1.29, 1.82) is 0 Å². The number of likely N-dealkylation sites (N-methyl/N-ethyl adjacent to an activating group) is 1. The largest absolute Gasteiger partial charge is 0.363 e. The summed E-state index contributed by atoms with van der Waals surface area (Å²) in [6.45, 7) is 8.32. The van der Waals surface area contributed by atoms with Crippen LogP contribution < -0.4 is 15.1 Å². The third kappa shape index (κ3) is 4.56. The Bertz CT molecular complexity index is 1060. The second-order valence-corrected chi connectivity index (χ2v) is 11.0. The number of fused-ring (bicyclic) bond motifs is 1. The summed E-state index contributed by atoms with van der Waals surface area (Å²) in [5.74, 6) is 4.62. The van der Waals surface area contributed by atoms with Gasteiger partial charge in [0.05, 0.1) is 6.20 Å². The van der Waals surface area contributed by atoms with Crippen molar-refractivity contribution >= 4 is 17.5 Å². The molecule has 0 spiro atoms. The quantitative estimate of drug-likeness (QED) is 0.680. The smallest absolute Gasteiger partial charge is 0.147 e. The van der Waals surface area contributed by atoms with E-state index in [1.807, 2.05) is 45.1 Å². The Balaban J connectivity index is 0.000000154. The lowest BCUT2D eigenvalue weighted by atomic mass is 9.85. The molecule has 5 aliphatic rings. The number of allylic oxidation sites excluding steroid dienone is 2. The highest BCUT2D eigenvalue weighted by molar-refractivity contribution is 5.54. The zero-order valence-corrected chi connectivity index (χ0v) is 22.6. The summed E-state index contributed by atoms with van der Waals surface area (Å²) in [6, 6.07) is 2.04. The first kappa shape index (κ1) is 24.9. The van der Waals surface area contributed by atoms with E-state index >= 15 is 0 Å². The molecule has 1 aliphatic heterocycles. The van der Waals surface area contributed by atoms with Gasteiger partial charge >= 0.3 is 0 Å². The summed E-state index contributed by atoms with van der Waals surface area (Å²) < 4.78 is 0. The van der Waals surface area contributed by atoms with Gasteiger partial charge in [0, 0.05) is 70.3 Å². The summed E-state index contributed by atoms with van der Waals surface area (Å²) in [5, 5.41) is 3.61. The molecule has 0 radical (unpaired) electrons. The zero-order chi connectivity index (χ0) is 25.3. The standard InChI is InChI=1S/C17H22N4.C9H14N4.C2H6/c1-21(2)15-7-14(18-10-19-15)20-13-8-16-4-3-5-17(16,9-16)12-6-11(12)13;1-12-4-6-13(7-5-12)9-8-10-2-3-11-9;1-2/h7-8,10-12H,3-6,9H2,1-2H3,(H,18,19,20);2-3,8H,4-7H2,1H3;1-2H3.